The molecule has 0 saturated carbocycles. The van der Waals surface area contributed by atoms with Crippen molar-refractivity contribution in [3.63, 3.8) is 0 Å². The molecule has 2 atom stereocenters. The van der Waals surface area contributed by atoms with E-state index in [9.17, 15) is 23.7 Å². The minimum atomic E-state index is -3.91. The van der Waals surface area contributed by atoms with Crippen LogP contribution in [0.4, 0.5) is 0 Å². The molecule has 0 spiro atoms. The number of aliphatic hydroxyl groups is 3. The Balaban J connectivity index is 2.34. The van der Waals surface area contributed by atoms with Crippen molar-refractivity contribution in [3.05, 3.63) is 35.4 Å². The van der Waals surface area contributed by atoms with E-state index in [1.165, 1.54) is 40.6 Å². The Morgan fingerprint density at radius 1 is 0.778 bits per heavy atom. The molecule has 0 saturated heterocycles. The van der Waals surface area contributed by atoms with Crippen molar-refractivity contribution in [1.82, 2.24) is 0 Å². The first-order chi connectivity index (χ1) is 17.2. The van der Waals surface area contributed by atoms with Crippen molar-refractivity contribution in [2.24, 2.45) is 0 Å². The van der Waals surface area contributed by atoms with E-state index in [4.69, 9.17) is 23.7 Å². The van der Waals surface area contributed by atoms with Gasteiger partial charge in [0.1, 0.15) is 4.90 Å². The quantitative estimate of drug-likeness (QED) is 0.316. The van der Waals surface area contributed by atoms with Crippen LogP contribution in [-0.4, -0.2) is 71.1 Å². The molecule has 0 aromatic heterocycles. The number of aliphatic hydroxyl groups excluding tert-OH is 3. The number of benzene rings is 2. The second-order valence-electron chi connectivity index (χ2n) is 8.01. The maximum absolute atomic E-state index is 12.8. The van der Waals surface area contributed by atoms with Gasteiger partial charge in [-0.15, -0.1) is 0 Å². The molecule has 202 valence electrons. The third-order valence-electron chi connectivity index (χ3n) is 5.58. The summed E-state index contributed by atoms with van der Waals surface area (Å²) in [5, 5.41) is 30.9. The summed E-state index contributed by atoms with van der Waals surface area (Å²) in [6, 6.07) is 6.09. The van der Waals surface area contributed by atoms with Crippen LogP contribution in [0.1, 0.15) is 49.5 Å². The van der Waals surface area contributed by atoms with Gasteiger partial charge in [0.05, 0.1) is 59.6 Å². The standard InChI is InChI=1S/C25H36O10S/c1-6-10-35-25-22(33-4)14-17(15-23(25)36(29,30)11-9-26)19(28)8-7-18(27)16-12-20(31-2)24(34-5)21(13-16)32-3/h12-15,18-19,26-28H,6-11H2,1-5H3/t18?,19-/m0/s1. The van der Waals surface area contributed by atoms with Crippen LogP contribution in [-0.2, 0) is 9.84 Å². The molecule has 2 aromatic rings. The lowest BCUT2D eigenvalue weighted by molar-refractivity contribution is 0.114. The number of sulfone groups is 1. The fourth-order valence-electron chi connectivity index (χ4n) is 3.69. The Morgan fingerprint density at radius 2 is 1.25 bits per heavy atom. The van der Waals surface area contributed by atoms with E-state index in [0.717, 1.165) is 0 Å². The van der Waals surface area contributed by atoms with Gasteiger partial charge >= 0.3 is 0 Å². The van der Waals surface area contributed by atoms with Crippen LogP contribution in [0, 0.1) is 0 Å². The van der Waals surface area contributed by atoms with Gasteiger partial charge < -0.3 is 39.0 Å². The molecule has 0 bridgehead atoms. The average Bonchev–Trinajstić information content (AvgIpc) is 2.88. The first-order valence-corrected chi connectivity index (χ1v) is 13.2. The van der Waals surface area contributed by atoms with E-state index in [0.29, 0.717) is 29.2 Å². The number of hydrogen-bond acceptors (Lipinski definition) is 10. The van der Waals surface area contributed by atoms with E-state index in [2.05, 4.69) is 0 Å². The van der Waals surface area contributed by atoms with Gasteiger partial charge in [0.2, 0.25) is 5.75 Å². The van der Waals surface area contributed by atoms with Crippen LogP contribution in [0.5, 0.6) is 28.7 Å². The Kier molecular flexibility index (Phi) is 11.1. The minimum Gasteiger partial charge on any atom is -0.493 e. The zero-order chi connectivity index (χ0) is 26.9. The molecule has 2 aromatic carbocycles. The largest absolute Gasteiger partial charge is 0.493 e. The summed E-state index contributed by atoms with van der Waals surface area (Å²) in [5.74, 6) is 0.862. The average molecular weight is 529 g/mol. The summed E-state index contributed by atoms with van der Waals surface area (Å²) >= 11 is 0. The van der Waals surface area contributed by atoms with Crippen LogP contribution >= 0.6 is 0 Å². The SMILES string of the molecule is CCCOc1c(OC)cc([C@@H](O)CCC(O)c2cc(OC)c(OC)c(OC)c2)cc1S(=O)(=O)CCO. The normalized spacial score (nSPS) is 13.1. The molecule has 11 heteroatoms. The maximum Gasteiger partial charge on any atom is 0.203 e. The van der Waals surface area contributed by atoms with Crippen molar-refractivity contribution in [1.29, 1.82) is 0 Å². The van der Waals surface area contributed by atoms with Crippen LogP contribution in [0.15, 0.2) is 29.2 Å². The number of rotatable bonds is 15. The predicted molar refractivity (Wildman–Crippen MR) is 133 cm³/mol. The van der Waals surface area contributed by atoms with Crippen molar-refractivity contribution >= 4 is 9.84 Å². The molecule has 10 nitrogen and oxygen atoms in total. The lowest BCUT2D eigenvalue weighted by Crippen LogP contribution is -2.14. The summed E-state index contributed by atoms with van der Waals surface area (Å²) in [5.41, 5.74) is 0.785. The Bertz CT molecular complexity index is 1080. The number of ether oxygens (including phenoxy) is 5. The molecule has 0 aliphatic heterocycles. The lowest BCUT2D eigenvalue weighted by Gasteiger charge is -2.20. The highest BCUT2D eigenvalue weighted by Crippen LogP contribution is 2.42. The monoisotopic (exact) mass is 528 g/mol. The molecule has 0 amide bonds. The van der Waals surface area contributed by atoms with Gasteiger partial charge in [-0.05, 0) is 54.7 Å². The highest BCUT2D eigenvalue weighted by atomic mass is 32.2. The van der Waals surface area contributed by atoms with E-state index < -0.39 is 34.4 Å². The summed E-state index contributed by atoms with van der Waals surface area (Å²) in [4.78, 5) is -0.163. The molecule has 36 heavy (non-hydrogen) atoms. The van der Waals surface area contributed by atoms with Crippen molar-refractivity contribution < 1.29 is 47.4 Å². The summed E-state index contributed by atoms with van der Waals surface area (Å²) < 4.78 is 52.6. The van der Waals surface area contributed by atoms with Crippen LogP contribution in [0.3, 0.4) is 0 Å². The highest BCUT2D eigenvalue weighted by Gasteiger charge is 2.26. The van der Waals surface area contributed by atoms with Gasteiger partial charge in [-0.25, -0.2) is 8.42 Å². The van der Waals surface area contributed by atoms with E-state index in [-0.39, 0.29) is 41.4 Å². The van der Waals surface area contributed by atoms with E-state index in [1.54, 1.807) is 12.1 Å². The third-order valence-corrected chi connectivity index (χ3v) is 7.27. The van der Waals surface area contributed by atoms with Gasteiger partial charge in [-0.3, -0.25) is 0 Å². The summed E-state index contributed by atoms with van der Waals surface area (Å²) in [7, 11) is 1.89. The molecular formula is C25H36O10S. The highest BCUT2D eigenvalue weighted by molar-refractivity contribution is 7.91. The van der Waals surface area contributed by atoms with Crippen LogP contribution in [0.2, 0.25) is 0 Å². The minimum absolute atomic E-state index is 0.0428. The zero-order valence-electron chi connectivity index (χ0n) is 21.3. The summed E-state index contributed by atoms with van der Waals surface area (Å²) in [6.07, 6.45) is -1.19. The molecule has 0 aliphatic carbocycles. The molecule has 3 N–H and O–H groups in total. The van der Waals surface area contributed by atoms with E-state index >= 15 is 0 Å². The van der Waals surface area contributed by atoms with Crippen molar-refractivity contribution in [2.75, 3.05) is 47.4 Å². The number of hydrogen-bond donors (Lipinski definition) is 3. The molecule has 0 fully saturated rings. The van der Waals surface area contributed by atoms with Gasteiger partial charge in [-0.2, -0.15) is 0 Å². The van der Waals surface area contributed by atoms with Crippen molar-refractivity contribution in [3.8, 4) is 28.7 Å². The van der Waals surface area contributed by atoms with Crippen molar-refractivity contribution in [2.45, 2.75) is 43.3 Å². The van der Waals surface area contributed by atoms with Gasteiger partial charge in [0.15, 0.2) is 32.8 Å². The van der Waals surface area contributed by atoms with E-state index in [1.807, 2.05) is 6.92 Å². The smallest absolute Gasteiger partial charge is 0.203 e. The zero-order valence-corrected chi connectivity index (χ0v) is 22.1. The van der Waals surface area contributed by atoms with Gasteiger partial charge in [0, 0.05) is 0 Å². The van der Waals surface area contributed by atoms with Crippen LogP contribution < -0.4 is 23.7 Å². The Morgan fingerprint density at radius 3 is 1.67 bits per heavy atom. The van der Waals surface area contributed by atoms with Gasteiger partial charge in [0.25, 0.3) is 0 Å². The molecule has 1 unspecified atom stereocenters. The summed E-state index contributed by atoms with van der Waals surface area (Å²) in [6.45, 7) is 1.58. The maximum atomic E-state index is 12.8. The second kappa shape index (κ2) is 13.5. The molecule has 0 heterocycles. The van der Waals surface area contributed by atoms with Gasteiger partial charge in [-0.1, -0.05) is 6.92 Å². The predicted octanol–water partition coefficient (Wildman–Crippen LogP) is 2.82. The molecule has 2 rings (SSSR count). The lowest BCUT2D eigenvalue weighted by atomic mass is 9.98. The molecule has 0 aliphatic rings. The topological polar surface area (TPSA) is 141 Å². The Hall–Kier alpha value is -2.73. The second-order valence-corrected chi connectivity index (χ2v) is 10.1. The molecule has 0 radical (unpaired) electrons. The van der Waals surface area contributed by atoms with Crippen LogP contribution in [0.25, 0.3) is 0 Å². The Labute approximate surface area is 212 Å². The molecular weight excluding hydrogens is 492 g/mol. The number of methoxy groups -OCH3 is 4. The first-order valence-electron chi connectivity index (χ1n) is 11.5. The fraction of sp³-hybridized carbons (Fsp3) is 0.520. The fourth-order valence-corrected chi connectivity index (χ4v) is 4.91. The first kappa shape index (κ1) is 29.5. The third kappa shape index (κ3) is 6.94.